The molecule has 36 heavy (non-hydrogen) atoms. The lowest BCUT2D eigenvalue weighted by Crippen LogP contribution is -2.43. The zero-order chi connectivity index (χ0) is 25.7. The molecule has 3 aromatic heterocycles. The summed E-state index contributed by atoms with van der Waals surface area (Å²) in [7, 11) is -1.17. The van der Waals surface area contributed by atoms with Gasteiger partial charge in [0.25, 0.3) is 0 Å². The number of H-pyrrole nitrogens is 1. The molecule has 0 radical (unpaired) electrons. The summed E-state index contributed by atoms with van der Waals surface area (Å²) in [5.41, 5.74) is 2.11. The topological polar surface area (TPSA) is 133 Å². The summed E-state index contributed by atoms with van der Waals surface area (Å²) in [6, 6.07) is 5.11. The van der Waals surface area contributed by atoms with Crippen molar-refractivity contribution in [3.8, 4) is 17.3 Å². The number of nitriles is 1. The molecule has 192 valence electrons. The molecule has 3 heterocycles. The highest BCUT2D eigenvalue weighted by Crippen LogP contribution is 2.38. The van der Waals surface area contributed by atoms with Crippen molar-refractivity contribution < 1.29 is 14.6 Å². The molecular formula is C25H35N7O3Si. The molecule has 0 amide bonds. The van der Waals surface area contributed by atoms with E-state index in [-0.39, 0.29) is 24.9 Å². The quantitative estimate of drug-likeness (QED) is 0.269. The Bertz CT molecular complexity index is 1220. The first-order valence-corrected chi connectivity index (χ1v) is 16.3. The molecule has 4 rings (SSSR count). The van der Waals surface area contributed by atoms with E-state index in [4.69, 9.17) is 4.74 Å². The number of hydrogen-bond donors (Lipinski definition) is 2. The zero-order valence-electron chi connectivity index (χ0n) is 21.3. The first-order chi connectivity index (χ1) is 17.3. The highest BCUT2D eigenvalue weighted by atomic mass is 28.3. The maximum atomic E-state index is 11.9. The Kier molecular flexibility index (Phi) is 8.06. The van der Waals surface area contributed by atoms with Crippen molar-refractivity contribution in [3.63, 3.8) is 0 Å². The number of carboxylic acid groups (broad SMARTS) is 1. The third kappa shape index (κ3) is 5.94. The van der Waals surface area contributed by atoms with Crippen LogP contribution >= 0.6 is 0 Å². The number of hydrogen-bond acceptors (Lipinski definition) is 7. The van der Waals surface area contributed by atoms with Crippen molar-refractivity contribution in [2.45, 2.75) is 70.6 Å². The monoisotopic (exact) mass is 509 g/mol. The molecule has 1 saturated carbocycles. The molecule has 0 spiro atoms. The Morgan fingerprint density at radius 1 is 1.36 bits per heavy atom. The zero-order valence-corrected chi connectivity index (χ0v) is 22.3. The van der Waals surface area contributed by atoms with Gasteiger partial charge in [-0.15, -0.1) is 0 Å². The fourth-order valence-corrected chi connectivity index (χ4v) is 5.77. The van der Waals surface area contributed by atoms with Gasteiger partial charge in [-0.2, -0.15) is 10.4 Å². The lowest BCUT2D eigenvalue weighted by molar-refractivity contribution is -0.135. The van der Waals surface area contributed by atoms with E-state index in [1.165, 1.54) is 6.33 Å². The highest BCUT2D eigenvalue weighted by molar-refractivity contribution is 6.76. The van der Waals surface area contributed by atoms with Crippen LogP contribution in [0, 0.1) is 17.2 Å². The third-order valence-corrected chi connectivity index (χ3v) is 8.60. The van der Waals surface area contributed by atoms with Gasteiger partial charge in [-0.25, -0.2) is 9.97 Å². The summed E-state index contributed by atoms with van der Waals surface area (Å²) >= 11 is 0. The Labute approximate surface area is 212 Å². The van der Waals surface area contributed by atoms with Gasteiger partial charge in [0, 0.05) is 32.3 Å². The Balaban J connectivity index is 1.66. The van der Waals surface area contributed by atoms with Crippen molar-refractivity contribution in [3.05, 3.63) is 24.8 Å². The van der Waals surface area contributed by atoms with E-state index in [0.29, 0.717) is 30.4 Å². The van der Waals surface area contributed by atoms with E-state index < -0.39 is 14.0 Å². The highest BCUT2D eigenvalue weighted by Gasteiger charge is 2.33. The number of anilines is 1. The second kappa shape index (κ2) is 11.2. The van der Waals surface area contributed by atoms with Crippen LogP contribution in [0.5, 0.6) is 0 Å². The Morgan fingerprint density at radius 3 is 2.83 bits per heavy atom. The van der Waals surface area contributed by atoms with E-state index in [9.17, 15) is 15.2 Å². The average molecular weight is 510 g/mol. The fraction of sp³-hybridized carbons (Fsp3) is 0.560. The maximum absolute atomic E-state index is 11.9. The summed E-state index contributed by atoms with van der Waals surface area (Å²) in [6.45, 7) is 7.86. The van der Waals surface area contributed by atoms with Crippen LogP contribution in [0.3, 0.4) is 0 Å². The van der Waals surface area contributed by atoms with Crippen LogP contribution in [0.2, 0.25) is 25.7 Å². The van der Waals surface area contributed by atoms with Crippen LogP contribution in [-0.2, 0) is 16.3 Å². The number of carboxylic acids is 1. The van der Waals surface area contributed by atoms with Crippen LogP contribution < -0.4 is 4.90 Å². The SMILES string of the molecule is C[Si](C)(C)CCOCn1ccc2c(-c3cn[nH]c3N(CC(=O)O)[C@@H](CC#N)C3CCCC3)ncnc21. The van der Waals surface area contributed by atoms with E-state index in [0.717, 1.165) is 42.8 Å². The lowest BCUT2D eigenvalue weighted by atomic mass is 9.93. The van der Waals surface area contributed by atoms with Crippen LogP contribution in [0.4, 0.5) is 5.82 Å². The number of nitrogens with one attached hydrogen (secondary N) is 1. The Morgan fingerprint density at radius 2 is 2.14 bits per heavy atom. The molecule has 1 aliphatic rings. The first-order valence-electron chi connectivity index (χ1n) is 12.5. The smallest absolute Gasteiger partial charge is 0.323 e. The second-order valence-electron chi connectivity index (χ2n) is 10.7. The molecule has 0 bridgehead atoms. The number of rotatable bonds is 12. The number of aliphatic carboxylic acids is 1. The van der Waals surface area contributed by atoms with Crippen molar-refractivity contribution in [2.75, 3.05) is 18.1 Å². The number of fused-ring (bicyclic) bond motifs is 1. The van der Waals surface area contributed by atoms with Gasteiger partial charge in [-0.05, 0) is 30.9 Å². The molecule has 1 atom stereocenters. The van der Waals surface area contributed by atoms with Crippen molar-refractivity contribution in [1.29, 1.82) is 5.26 Å². The van der Waals surface area contributed by atoms with Gasteiger partial charge in [0.1, 0.15) is 31.1 Å². The minimum absolute atomic E-state index is 0.213. The van der Waals surface area contributed by atoms with Crippen molar-refractivity contribution >= 4 is 30.9 Å². The van der Waals surface area contributed by atoms with E-state index in [1.807, 2.05) is 16.8 Å². The maximum Gasteiger partial charge on any atom is 0.323 e. The van der Waals surface area contributed by atoms with Crippen LogP contribution in [0.25, 0.3) is 22.3 Å². The summed E-state index contributed by atoms with van der Waals surface area (Å²) in [5.74, 6) is -0.116. The number of aromatic nitrogens is 5. The van der Waals surface area contributed by atoms with Crippen molar-refractivity contribution in [2.24, 2.45) is 5.92 Å². The van der Waals surface area contributed by atoms with E-state index >= 15 is 0 Å². The van der Waals surface area contributed by atoms with Crippen molar-refractivity contribution in [1.82, 2.24) is 24.7 Å². The van der Waals surface area contributed by atoms with Crippen LogP contribution in [-0.4, -0.2) is 63.1 Å². The van der Waals surface area contributed by atoms with Gasteiger partial charge in [0.2, 0.25) is 0 Å². The molecule has 10 nitrogen and oxygen atoms in total. The van der Waals surface area contributed by atoms with Gasteiger partial charge in [-0.1, -0.05) is 32.5 Å². The minimum atomic E-state index is -1.17. The number of carbonyl (C=O) groups is 1. The molecular weight excluding hydrogens is 474 g/mol. The third-order valence-electron chi connectivity index (χ3n) is 6.89. The molecule has 0 aromatic carbocycles. The summed E-state index contributed by atoms with van der Waals surface area (Å²) in [6.07, 6.45) is 9.55. The molecule has 2 N–H and O–H groups in total. The van der Waals surface area contributed by atoms with Crippen LogP contribution in [0.1, 0.15) is 32.1 Å². The molecule has 0 aliphatic heterocycles. The first kappa shape index (κ1) is 25.8. The summed E-state index contributed by atoms with van der Waals surface area (Å²) < 4.78 is 7.88. The molecule has 11 heteroatoms. The molecule has 0 saturated heterocycles. The van der Waals surface area contributed by atoms with E-state index in [1.54, 1.807) is 11.1 Å². The summed E-state index contributed by atoms with van der Waals surface area (Å²) in [5, 5.41) is 27.4. The van der Waals surface area contributed by atoms with E-state index in [2.05, 4.69) is 45.9 Å². The predicted molar refractivity (Wildman–Crippen MR) is 140 cm³/mol. The molecule has 1 aliphatic carbocycles. The number of nitrogens with zero attached hydrogens (tertiary/aromatic N) is 6. The average Bonchev–Trinajstić information content (AvgIpc) is 3.59. The molecule has 1 fully saturated rings. The van der Waals surface area contributed by atoms with Gasteiger partial charge in [0.15, 0.2) is 0 Å². The second-order valence-corrected chi connectivity index (χ2v) is 16.3. The normalized spacial score (nSPS) is 15.3. The van der Waals surface area contributed by atoms with Crippen LogP contribution in [0.15, 0.2) is 24.8 Å². The fourth-order valence-electron chi connectivity index (χ4n) is 5.01. The standard InChI is InChI=1S/C25H35N7O3Si/c1-36(2,3)13-12-35-17-31-11-9-19-23(27-16-28-24(19)31)20-14-29-30-25(20)32(15-22(33)34)21(8-10-26)18-6-4-5-7-18/h9,11,14,16,18,21H,4-8,12-13,15,17H2,1-3H3,(H,29,30)(H,33,34)/t21-/m0/s1. The largest absolute Gasteiger partial charge is 0.480 e. The predicted octanol–water partition coefficient (Wildman–Crippen LogP) is 4.50. The van der Waals surface area contributed by atoms with Gasteiger partial charge in [0.05, 0.1) is 29.9 Å². The lowest BCUT2D eigenvalue weighted by Gasteiger charge is -2.34. The Hall–Kier alpha value is -3.23. The van der Waals surface area contributed by atoms with Gasteiger partial charge in [-0.3, -0.25) is 9.89 Å². The molecule has 3 aromatic rings. The molecule has 0 unspecified atom stereocenters. The van der Waals surface area contributed by atoms with Gasteiger partial charge >= 0.3 is 5.97 Å². The van der Waals surface area contributed by atoms with Gasteiger partial charge < -0.3 is 19.3 Å². The summed E-state index contributed by atoms with van der Waals surface area (Å²) in [4.78, 5) is 22.7. The number of aromatic amines is 1. The minimum Gasteiger partial charge on any atom is -0.480 e. The number of ether oxygens (including phenoxy) is 1.